The average Bonchev–Trinajstić information content (AvgIpc) is 3.20. The normalized spacial score (nSPS) is 21.9. The molecule has 2 saturated heterocycles. The van der Waals surface area contributed by atoms with Gasteiger partial charge in [0, 0.05) is 37.3 Å². The zero-order valence-corrected chi connectivity index (χ0v) is 20.3. The molecule has 0 bridgehead atoms. The van der Waals surface area contributed by atoms with Gasteiger partial charge in [-0.1, -0.05) is 31.5 Å². The van der Waals surface area contributed by atoms with Gasteiger partial charge in [0.05, 0.1) is 15.6 Å². The van der Waals surface area contributed by atoms with Crippen LogP contribution in [0.4, 0.5) is 11.4 Å². The molecule has 2 aromatic rings. The first-order chi connectivity index (χ1) is 15.6. The molecule has 0 radical (unpaired) electrons. The highest BCUT2D eigenvalue weighted by Gasteiger charge is 2.32. The Morgan fingerprint density at radius 1 is 1.09 bits per heavy atom. The van der Waals surface area contributed by atoms with E-state index in [0.29, 0.717) is 42.5 Å². The van der Waals surface area contributed by atoms with Crippen molar-refractivity contribution in [2.24, 2.45) is 11.8 Å². The largest absolute Gasteiger partial charge is 0.321 e. The summed E-state index contributed by atoms with van der Waals surface area (Å²) in [6.07, 6.45) is 2.29. The van der Waals surface area contributed by atoms with Crippen LogP contribution in [0.1, 0.15) is 43.5 Å². The molecule has 33 heavy (non-hydrogen) atoms. The highest BCUT2D eigenvalue weighted by atomic mass is 35.5. The van der Waals surface area contributed by atoms with Crippen LogP contribution in [0.15, 0.2) is 47.4 Å². The van der Waals surface area contributed by atoms with Crippen LogP contribution in [0.2, 0.25) is 5.02 Å². The number of hydrogen-bond donors (Lipinski definition) is 1. The van der Waals surface area contributed by atoms with Crippen LogP contribution >= 0.6 is 11.6 Å². The van der Waals surface area contributed by atoms with Gasteiger partial charge in [-0.15, -0.1) is 0 Å². The van der Waals surface area contributed by atoms with Crippen molar-refractivity contribution in [3.05, 3.63) is 53.1 Å². The molecule has 2 heterocycles. The number of nitrogens with one attached hydrogen (secondary N) is 1. The zero-order chi connectivity index (χ0) is 23.8. The van der Waals surface area contributed by atoms with Gasteiger partial charge in [-0.25, -0.2) is 8.42 Å². The summed E-state index contributed by atoms with van der Waals surface area (Å²) in [5.41, 5.74) is 1.25. The number of amides is 2. The lowest BCUT2D eigenvalue weighted by Gasteiger charge is -2.34. The van der Waals surface area contributed by atoms with Gasteiger partial charge in [-0.2, -0.15) is 4.31 Å². The topological polar surface area (TPSA) is 86.8 Å². The van der Waals surface area contributed by atoms with E-state index in [1.165, 1.54) is 16.4 Å². The molecule has 2 atom stereocenters. The van der Waals surface area contributed by atoms with Crippen molar-refractivity contribution in [3.8, 4) is 0 Å². The summed E-state index contributed by atoms with van der Waals surface area (Å²) in [7, 11) is -3.71. The van der Waals surface area contributed by atoms with Crippen LogP contribution in [0.25, 0.3) is 0 Å². The van der Waals surface area contributed by atoms with E-state index in [0.717, 1.165) is 12.8 Å². The summed E-state index contributed by atoms with van der Waals surface area (Å²) >= 11 is 6.28. The van der Waals surface area contributed by atoms with Crippen molar-refractivity contribution < 1.29 is 18.0 Å². The third-order valence-corrected chi connectivity index (χ3v) is 8.31. The van der Waals surface area contributed by atoms with Crippen LogP contribution in [0.5, 0.6) is 0 Å². The molecule has 0 saturated carbocycles. The van der Waals surface area contributed by atoms with Gasteiger partial charge in [0.2, 0.25) is 15.9 Å². The average molecular weight is 490 g/mol. The lowest BCUT2D eigenvalue weighted by atomic mass is 9.94. The Morgan fingerprint density at radius 3 is 2.48 bits per heavy atom. The molecule has 4 rings (SSSR count). The maximum absolute atomic E-state index is 13.2. The number of sulfonamides is 1. The van der Waals surface area contributed by atoms with Crippen LogP contribution in [0.3, 0.4) is 0 Å². The highest BCUT2D eigenvalue weighted by molar-refractivity contribution is 7.89. The molecule has 0 aromatic heterocycles. The van der Waals surface area contributed by atoms with Crippen molar-refractivity contribution in [2.75, 3.05) is 29.9 Å². The molecular weight excluding hydrogens is 462 g/mol. The van der Waals surface area contributed by atoms with Crippen LogP contribution in [-0.4, -0.2) is 44.2 Å². The summed E-state index contributed by atoms with van der Waals surface area (Å²) in [5.74, 6) is 0.131. The minimum Gasteiger partial charge on any atom is -0.321 e. The molecular formula is C24H28ClN3O4S. The van der Waals surface area contributed by atoms with Gasteiger partial charge in [0.15, 0.2) is 0 Å². The third-order valence-electron chi connectivity index (χ3n) is 6.15. The Bertz CT molecular complexity index is 1170. The molecule has 2 aliphatic rings. The number of rotatable bonds is 5. The van der Waals surface area contributed by atoms with Gasteiger partial charge in [0.1, 0.15) is 0 Å². The van der Waals surface area contributed by atoms with Crippen LogP contribution in [-0.2, 0) is 14.8 Å². The minimum absolute atomic E-state index is 0.0360. The molecule has 2 amide bonds. The highest BCUT2D eigenvalue weighted by Crippen LogP contribution is 2.31. The van der Waals surface area contributed by atoms with Gasteiger partial charge < -0.3 is 10.2 Å². The Hall–Kier alpha value is -2.42. The Kier molecular flexibility index (Phi) is 6.79. The van der Waals surface area contributed by atoms with E-state index >= 15 is 0 Å². The monoisotopic (exact) mass is 489 g/mol. The number of carbonyl (C=O) groups is 2. The first-order valence-electron chi connectivity index (χ1n) is 11.2. The second-order valence-electron chi connectivity index (χ2n) is 9.06. The molecule has 2 aromatic carbocycles. The van der Waals surface area contributed by atoms with Crippen molar-refractivity contribution in [2.45, 2.75) is 38.0 Å². The molecule has 176 valence electrons. The maximum Gasteiger partial charge on any atom is 0.255 e. The van der Waals surface area contributed by atoms with Crippen molar-refractivity contribution in [1.82, 2.24) is 4.31 Å². The van der Waals surface area contributed by atoms with E-state index in [1.807, 2.05) is 0 Å². The summed E-state index contributed by atoms with van der Waals surface area (Å²) in [6, 6.07) is 11.1. The van der Waals surface area contributed by atoms with Gasteiger partial charge in [-0.05, 0) is 61.1 Å². The van der Waals surface area contributed by atoms with Gasteiger partial charge in [-0.3, -0.25) is 9.59 Å². The number of benzene rings is 2. The lowest BCUT2D eigenvalue weighted by molar-refractivity contribution is -0.117. The zero-order valence-electron chi connectivity index (χ0n) is 18.8. The lowest BCUT2D eigenvalue weighted by Crippen LogP contribution is -2.42. The number of piperidine rings is 1. The SMILES string of the molecule is CC1CC(C)CN(S(=O)(=O)c2cccc(C(=O)Nc3cc(N4CCCC4=O)ccc3Cl)c2)C1. The standard InChI is InChI=1S/C24H28ClN3O4S/c1-16-11-17(2)15-27(14-16)33(31,32)20-6-3-5-18(12-20)24(30)26-22-13-19(8-9-21(22)25)28-10-4-7-23(28)29/h3,5-6,8-9,12-13,16-17H,4,7,10-11,14-15H2,1-2H3,(H,26,30). The van der Waals surface area contributed by atoms with E-state index in [4.69, 9.17) is 11.6 Å². The predicted molar refractivity (Wildman–Crippen MR) is 129 cm³/mol. The van der Waals surface area contributed by atoms with Crippen LogP contribution < -0.4 is 10.2 Å². The molecule has 7 nitrogen and oxygen atoms in total. The molecule has 1 N–H and O–H groups in total. The quantitative estimate of drug-likeness (QED) is 0.675. The van der Waals surface area contributed by atoms with Crippen LogP contribution in [0, 0.1) is 11.8 Å². The number of hydrogen-bond acceptors (Lipinski definition) is 4. The first-order valence-corrected chi connectivity index (χ1v) is 13.0. The second-order valence-corrected chi connectivity index (χ2v) is 11.4. The first kappa shape index (κ1) is 23.7. The number of nitrogens with zero attached hydrogens (tertiary/aromatic N) is 2. The number of carbonyl (C=O) groups excluding carboxylic acids is 2. The van der Waals surface area contributed by atoms with E-state index in [-0.39, 0.29) is 28.2 Å². The van der Waals surface area contributed by atoms with E-state index in [9.17, 15) is 18.0 Å². The van der Waals surface area contributed by atoms with E-state index in [1.54, 1.807) is 35.2 Å². The molecule has 0 aliphatic carbocycles. The summed E-state index contributed by atoms with van der Waals surface area (Å²) < 4.78 is 28.0. The second kappa shape index (κ2) is 9.44. The fourth-order valence-corrected chi connectivity index (χ4v) is 6.53. The predicted octanol–water partition coefficient (Wildman–Crippen LogP) is 4.39. The summed E-state index contributed by atoms with van der Waals surface area (Å²) in [6.45, 7) is 5.67. The Labute approximate surface area is 199 Å². The minimum atomic E-state index is -3.71. The molecule has 2 aliphatic heterocycles. The van der Waals surface area contributed by atoms with Gasteiger partial charge >= 0.3 is 0 Å². The number of halogens is 1. The van der Waals surface area contributed by atoms with Crippen molar-refractivity contribution in [3.63, 3.8) is 0 Å². The molecule has 2 unspecified atom stereocenters. The fraction of sp³-hybridized carbons (Fsp3) is 0.417. The van der Waals surface area contributed by atoms with E-state index in [2.05, 4.69) is 19.2 Å². The Balaban J connectivity index is 1.56. The fourth-order valence-electron chi connectivity index (χ4n) is 4.64. The summed E-state index contributed by atoms with van der Waals surface area (Å²) in [4.78, 5) is 26.8. The molecule has 2 fully saturated rings. The third kappa shape index (κ3) is 5.08. The number of anilines is 2. The van der Waals surface area contributed by atoms with E-state index < -0.39 is 15.9 Å². The molecule has 9 heteroatoms. The van der Waals surface area contributed by atoms with Gasteiger partial charge in [0.25, 0.3) is 5.91 Å². The smallest absolute Gasteiger partial charge is 0.255 e. The van der Waals surface area contributed by atoms with Crippen molar-refractivity contribution >= 4 is 44.8 Å². The molecule has 0 spiro atoms. The maximum atomic E-state index is 13.2. The Morgan fingerprint density at radius 2 is 1.82 bits per heavy atom. The van der Waals surface area contributed by atoms with Crippen molar-refractivity contribution in [1.29, 1.82) is 0 Å². The summed E-state index contributed by atoms with van der Waals surface area (Å²) in [5, 5.41) is 3.09.